The van der Waals surface area contributed by atoms with Gasteiger partial charge in [0.15, 0.2) is 17.5 Å². The lowest BCUT2D eigenvalue weighted by Crippen LogP contribution is -2.50. The second-order valence-corrected chi connectivity index (χ2v) is 4.52. The van der Waals surface area contributed by atoms with Gasteiger partial charge in [0.2, 0.25) is 5.91 Å². The highest BCUT2D eigenvalue weighted by atomic mass is 19.2. The summed E-state index contributed by atoms with van der Waals surface area (Å²) in [6.45, 7) is 2.57. The molecule has 20 heavy (non-hydrogen) atoms. The number of rotatable bonds is 1. The number of carbonyl (C=O) groups is 2. The van der Waals surface area contributed by atoms with Gasteiger partial charge in [-0.3, -0.25) is 9.59 Å². The van der Waals surface area contributed by atoms with E-state index in [1.807, 2.05) is 0 Å². The molecule has 0 unspecified atom stereocenters. The smallest absolute Gasteiger partial charge is 0.257 e. The van der Waals surface area contributed by atoms with Crippen molar-refractivity contribution in [3.8, 4) is 0 Å². The maximum absolute atomic E-state index is 13.5. The molecule has 1 aromatic carbocycles. The summed E-state index contributed by atoms with van der Waals surface area (Å²) in [6.07, 6.45) is 0. The maximum atomic E-state index is 13.5. The highest BCUT2D eigenvalue weighted by molar-refractivity contribution is 5.94. The van der Waals surface area contributed by atoms with Crippen LogP contribution in [0, 0.1) is 17.5 Å². The molecular weight excluding hydrogens is 273 g/mol. The van der Waals surface area contributed by atoms with Gasteiger partial charge >= 0.3 is 0 Å². The van der Waals surface area contributed by atoms with Gasteiger partial charge in [0, 0.05) is 33.1 Å². The molecule has 0 aliphatic carbocycles. The van der Waals surface area contributed by atoms with Gasteiger partial charge in [-0.2, -0.15) is 0 Å². The molecule has 0 radical (unpaired) electrons. The van der Waals surface area contributed by atoms with Crippen molar-refractivity contribution in [1.29, 1.82) is 0 Å². The van der Waals surface area contributed by atoms with Crippen molar-refractivity contribution in [2.24, 2.45) is 0 Å². The molecule has 0 saturated carbocycles. The van der Waals surface area contributed by atoms with E-state index in [0.717, 1.165) is 12.1 Å². The molecule has 1 saturated heterocycles. The summed E-state index contributed by atoms with van der Waals surface area (Å²) in [5, 5.41) is 0. The Hall–Kier alpha value is -2.05. The van der Waals surface area contributed by atoms with Crippen molar-refractivity contribution in [3.05, 3.63) is 35.1 Å². The zero-order valence-corrected chi connectivity index (χ0v) is 10.8. The molecule has 0 atom stereocenters. The van der Waals surface area contributed by atoms with Gasteiger partial charge in [-0.05, 0) is 12.1 Å². The Morgan fingerprint density at radius 2 is 1.50 bits per heavy atom. The summed E-state index contributed by atoms with van der Waals surface area (Å²) in [5.74, 6) is -5.27. The van der Waals surface area contributed by atoms with Crippen LogP contribution in [0.4, 0.5) is 13.2 Å². The normalized spacial score (nSPS) is 15.4. The lowest BCUT2D eigenvalue weighted by molar-refractivity contribution is -0.130. The van der Waals surface area contributed by atoms with Crippen LogP contribution in [0.1, 0.15) is 17.3 Å². The Bertz CT molecular complexity index is 555. The van der Waals surface area contributed by atoms with Crippen molar-refractivity contribution in [2.45, 2.75) is 6.92 Å². The number of amides is 2. The molecule has 1 fully saturated rings. The molecule has 1 aromatic rings. The first kappa shape index (κ1) is 14.4. The molecule has 108 valence electrons. The van der Waals surface area contributed by atoms with Gasteiger partial charge in [-0.1, -0.05) is 0 Å². The standard InChI is InChI=1S/C13H13F3N2O2/c1-8(19)17-4-6-18(7-5-17)13(20)9-2-3-10(14)12(16)11(9)15/h2-3H,4-7H2,1H3. The van der Waals surface area contributed by atoms with Gasteiger partial charge in [-0.25, -0.2) is 13.2 Å². The Balaban J connectivity index is 2.14. The third kappa shape index (κ3) is 2.61. The van der Waals surface area contributed by atoms with E-state index in [4.69, 9.17) is 0 Å². The Morgan fingerprint density at radius 3 is 2.05 bits per heavy atom. The van der Waals surface area contributed by atoms with Gasteiger partial charge in [0.05, 0.1) is 5.56 Å². The average molecular weight is 286 g/mol. The molecule has 7 heteroatoms. The van der Waals surface area contributed by atoms with Gasteiger partial charge < -0.3 is 9.80 Å². The van der Waals surface area contributed by atoms with Crippen molar-refractivity contribution in [2.75, 3.05) is 26.2 Å². The quantitative estimate of drug-likeness (QED) is 0.732. The lowest BCUT2D eigenvalue weighted by atomic mass is 10.1. The third-order valence-electron chi connectivity index (χ3n) is 3.28. The van der Waals surface area contributed by atoms with E-state index in [0.29, 0.717) is 13.1 Å². The van der Waals surface area contributed by atoms with Crippen LogP contribution in [-0.2, 0) is 4.79 Å². The van der Waals surface area contributed by atoms with E-state index < -0.39 is 28.9 Å². The summed E-state index contributed by atoms with van der Waals surface area (Å²) in [6, 6.07) is 1.64. The minimum absolute atomic E-state index is 0.101. The minimum Gasteiger partial charge on any atom is -0.339 e. The predicted molar refractivity (Wildman–Crippen MR) is 64.5 cm³/mol. The van der Waals surface area contributed by atoms with Gasteiger partial charge in [-0.15, -0.1) is 0 Å². The topological polar surface area (TPSA) is 40.6 Å². The molecule has 2 rings (SSSR count). The first-order valence-corrected chi connectivity index (χ1v) is 6.10. The Labute approximate surface area is 113 Å². The fourth-order valence-electron chi connectivity index (χ4n) is 2.09. The van der Waals surface area contributed by atoms with Crippen molar-refractivity contribution in [3.63, 3.8) is 0 Å². The van der Waals surface area contributed by atoms with Crippen LogP contribution in [-0.4, -0.2) is 47.8 Å². The number of hydrogen-bond acceptors (Lipinski definition) is 2. The van der Waals surface area contributed by atoms with Gasteiger partial charge in [0.1, 0.15) is 0 Å². The zero-order valence-electron chi connectivity index (χ0n) is 10.8. The molecule has 0 bridgehead atoms. The van der Waals surface area contributed by atoms with Crippen LogP contribution >= 0.6 is 0 Å². The van der Waals surface area contributed by atoms with Crippen molar-refractivity contribution < 1.29 is 22.8 Å². The second kappa shape index (κ2) is 5.52. The number of piperazine rings is 1. The fraction of sp³-hybridized carbons (Fsp3) is 0.385. The number of nitrogens with zero attached hydrogens (tertiary/aromatic N) is 2. The molecule has 2 amide bonds. The summed E-state index contributed by atoms with van der Waals surface area (Å²) in [5.41, 5.74) is -0.500. The predicted octanol–water partition coefficient (Wildman–Crippen LogP) is 1.41. The Kier molecular flexibility index (Phi) is 3.96. The molecule has 0 spiro atoms. The van der Waals surface area contributed by atoms with E-state index in [-0.39, 0.29) is 19.0 Å². The average Bonchev–Trinajstić information content (AvgIpc) is 2.44. The summed E-state index contributed by atoms with van der Waals surface area (Å²) in [7, 11) is 0. The number of benzene rings is 1. The first-order chi connectivity index (χ1) is 9.41. The van der Waals surface area contributed by atoms with E-state index in [9.17, 15) is 22.8 Å². The van der Waals surface area contributed by atoms with Crippen molar-refractivity contribution in [1.82, 2.24) is 9.80 Å². The minimum atomic E-state index is -1.65. The van der Waals surface area contributed by atoms with Crippen LogP contribution in [0.25, 0.3) is 0 Å². The molecule has 4 nitrogen and oxygen atoms in total. The van der Waals surface area contributed by atoms with E-state index in [2.05, 4.69) is 0 Å². The lowest BCUT2D eigenvalue weighted by Gasteiger charge is -2.34. The van der Waals surface area contributed by atoms with Crippen LogP contribution in [0.15, 0.2) is 12.1 Å². The SMILES string of the molecule is CC(=O)N1CCN(C(=O)c2ccc(F)c(F)c2F)CC1. The number of hydrogen-bond donors (Lipinski definition) is 0. The molecule has 0 N–H and O–H groups in total. The van der Waals surface area contributed by atoms with Crippen LogP contribution in [0.3, 0.4) is 0 Å². The van der Waals surface area contributed by atoms with Crippen LogP contribution in [0.5, 0.6) is 0 Å². The maximum Gasteiger partial charge on any atom is 0.257 e. The third-order valence-corrected chi connectivity index (χ3v) is 3.28. The van der Waals surface area contributed by atoms with Gasteiger partial charge in [0.25, 0.3) is 5.91 Å². The van der Waals surface area contributed by atoms with E-state index in [1.54, 1.807) is 4.90 Å². The second-order valence-electron chi connectivity index (χ2n) is 4.52. The molecule has 1 aliphatic heterocycles. The molecule has 1 heterocycles. The van der Waals surface area contributed by atoms with Crippen LogP contribution in [0.2, 0.25) is 0 Å². The molecule has 0 aromatic heterocycles. The highest BCUT2D eigenvalue weighted by Gasteiger charge is 2.26. The van der Waals surface area contributed by atoms with E-state index >= 15 is 0 Å². The Morgan fingerprint density at radius 1 is 0.950 bits per heavy atom. The molecule has 1 aliphatic rings. The number of halogens is 3. The number of carbonyl (C=O) groups excluding carboxylic acids is 2. The summed E-state index contributed by atoms with van der Waals surface area (Å²) >= 11 is 0. The van der Waals surface area contributed by atoms with Crippen LogP contribution < -0.4 is 0 Å². The fourth-order valence-corrected chi connectivity index (χ4v) is 2.09. The molecular formula is C13H13F3N2O2. The first-order valence-electron chi connectivity index (χ1n) is 6.10. The summed E-state index contributed by atoms with van der Waals surface area (Å²) < 4.78 is 39.5. The monoisotopic (exact) mass is 286 g/mol. The largest absolute Gasteiger partial charge is 0.339 e. The summed E-state index contributed by atoms with van der Waals surface area (Å²) in [4.78, 5) is 26.1. The van der Waals surface area contributed by atoms with Crippen molar-refractivity contribution >= 4 is 11.8 Å². The zero-order chi connectivity index (χ0) is 14.9. The highest BCUT2D eigenvalue weighted by Crippen LogP contribution is 2.17. The van der Waals surface area contributed by atoms with E-state index in [1.165, 1.54) is 11.8 Å².